The maximum atomic E-state index is 13.9. The second-order valence-corrected chi connectivity index (χ2v) is 12.4. The first-order chi connectivity index (χ1) is 18.2. The van der Waals surface area contributed by atoms with Crippen molar-refractivity contribution in [3.05, 3.63) is 102 Å². The third-order valence-corrected chi connectivity index (χ3v) is 8.80. The normalized spacial score (nSPS) is 12.1. The number of rotatable bonds is 11. The van der Waals surface area contributed by atoms with E-state index in [0.29, 0.717) is 36.5 Å². The number of hydrogen-bond acceptors (Lipinski definition) is 5. The van der Waals surface area contributed by atoms with Gasteiger partial charge in [0.1, 0.15) is 12.4 Å². The van der Waals surface area contributed by atoms with Crippen LogP contribution >= 0.6 is 0 Å². The van der Waals surface area contributed by atoms with Crippen LogP contribution in [0.4, 0.5) is 0 Å². The second-order valence-electron chi connectivity index (χ2n) is 10.5. The Balaban J connectivity index is 0.00000420. The van der Waals surface area contributed by atoms with E-state index in [1.54, 1.807) is 34.9 Å². The number of sulfonamides is 1. The lowest BCUT2D eigenvalue weighted by Crippen LogP contribution is -2.48. The summed E-state index contributed by atoms with van der Waals surface area (Å²) in [5, 5.41) is 1.50. The fourth-order valence-corrected chi connectivity index (χ4v) is 6.54. The van der Waals surface area contributed by atoms with E-state index < -0.39 is 15.6 Å². The molecule has 0 radical (unpaired) electrons. The van der Waals surface area contributed by atoms with Crippen LogP contribution in [0.5, 0.6) is 5.75 Å². The molecule has 3 aromatic carbocycles. The van der Waals surface area contributed by atoms with Gasteiger partial charge >= 0.3 is 0 Å². The van der Waals surface area contributed by atoms with Crippen LogP contribution in [0.2, 0.25) is 0 Å². The van der Waals surface area contributed by atoms with E-state index in [9.17, 15) is 8.42 Å². The third-order valence-electron chi connectivity index (χ3n) is 6.58. The summed E-state index contributed by atoms with van der Waals surface area (Å²) in [4.78, 5) is 6.56. The summed E-state index contributed by atoms with van der Waals surface area (Å²) in [6, 6.07) is 25.6. The Morgan fingerprint density at radius 1 is 0.846 bits per heavy atom. The molecule has 0 aliphatic carbocycles. The van der Waals surface area contributed by atoms with Crippen LogP contribution in [0.25, 0.3) is 10.8 Å². The monoisotopic (exact) mass is 547 g/mol. The minimum absolute atomic E-state index is 0. The Bertz CT molecular complexity index is 1450. The van der Waals surface area contributed by atoms with E-state index in [0.717, 1.165) is 23.1 Å². The highest BCUT2D eigenvalue weighted by Crippen LogP contribution is 2.29. The molecule has 208 valence electrons. The van der Waals surface area contributed by atoms with Gasteiger partial charge in [0.25, 0.3) is 0 Å². The molecule has 0 bridgehead atoms. The SMILES string of the molecule is C.CN(CCOc1ccccc1Cc1ccccc1)CCN(C(C)(C)C)S(=O)(=O)c1cccc2cnccc12. The molecule has 0 fully saturated rings. The number of pyridine rings is 1. The summed E-state index contributed by atoms with van der Waals surface area (Å²) >= 11 is 0. The van der Waals surface area contributed by atoms with Gasteiger partial charge in [0.05, 0.1) is 4.90 Å². The Labute approximate surface area is 234 Å². The topological polar surface area (TPSA) is 62.7 Å². The maximum Gasteiger partial charge on any atom is 0.244 e. The summed E-state index contributed by atoms with van der Waals surface area (Å²) in [5.41, 5.74) is 1.81. The smallest absolute Gasteiger partial charge is 0.244 e. The zero-order valence-corrected chi connectivity index (χ0v) is 23.5. The fraction of sp³-hybridized carbons (Fsp3) is 0.344. The number of hydrogen-bond donors (Lipinski definition) is 0. The summed E-state index contributed by atoms with van der Waals surface area (Å²) in [7, 11) is -1.74. The van der Waals surface area contributed by atoms with Crippen LogP contribution in [0.15, 0.2) is 96.2 Å². The lowest BCUT2D eigenvalue weighted by Gasteiger charge is -2.35. The molecular formula is C32H41N3O3S. The maximum absolute atomic E-state index is 13.9. The first-order valence-corrected chi connectivity index (χ1v) is 14.4. The van der Waals surface area contributed by atoms with E-state index in [-0.39, 0.29) is 7.43 Å². The van der Waals surface area contributed by atoms with E-state index in [4.69, 9.17) is 4.74 Å². The third kappa shape index (κ3) is 7.66. The van der Waals surface area contributed by atoms with Crippen molar-refractivity contribution in [3.63, 3.8) is 0 Å². The molecule has 4 aromatic rings. The van der Waals surface area contributed by atoms with Crippen molar-refractivity contribution in [2.24, 2.45) is 0 Å². The largest absolute Gasteiger partial charge is 0.492 e. The minimum Gasteiger partial charge on any atom is -0.492 e. The van der Waals surface area contributed by atoms with Gasteiger partial charge in [-0.2, -0.15) is 4.31 Å². The van der Waals surface area contributed by atoms with E-state index in [2.05, 4.69) is 28.1 Å². The van der Waals surface area contributed by atoms with Gasteiger partial charge in [0.2, 0.25) is 10.0 Å². The van der Waals surface area contributed by atoms with E-state index in [1.165, 1.54) is 5.56 Å². The first kappa shape index (κ1) is 30.3. The molecule has 4 rings (SSSR count). The zero-order valence-electron chi connectivity index (χ0n) is 22.7. The molecule has 1 aromatic heterocycles. The highest BCUT2D eigenvalue weighted by atomic mass is 32.2. The van der Waals surface area contributed by atoms with Crippen LogP contribution in [0.3, 0.4) is 0 Å². The van der Waals surface area contributed by atoms with E-state index in [1.807, 2.05) is 70.3 Å². The average Bonchev–Trinajstić information content (AvgIpc) is 2.89. The number of aromatic nitrogens is 1. The first-order valence-electron chi connectivity index (χ1n) is 12.9. The molecule has 6 nitrogen and oxygen atoms in total. The number of likely N-dealkylation sites (N-methyl/N-ethyl adjacent to an activating group) is 1. The predicted octanol–water partition coefficient (Wildman–Crippen LogP) is 6.26. The second kappa shape index (κ2) is 13.2. The minimum atomic E-state index is -3.73. The number of nitrogens with zero attached hydrogens (tertiary/aromatic N) is 3. The van der Waals surface area contributed by atoms with Crippen molar-refractivity contribution in [1.29, 1.82) is 0 Å². The Kier molecular flexibility index (Phi) is 10.2. The number of para-hydroxylation sites is 1. The highest BCUT2D eigenvalue weighted by molar-refractivity contribution is 7.89. The summed E-state index contributed by atoms with van der Waals surface area (Å²) < 4.78 is 35.5. The number of fused-ring (bicyclic) bond motifs is 1. The molecule has 1 heterocycles. The molecule has 39 heavy (non-hydrogen) atoms. The van der Waals surface area contributed by atoms with Crippen molar-refractivity contribution in [3.8, 4) is 5.75 Å². The van der Waals surface area contributed by atoms with Crippen LogP contribution < -0.4 is 4.74 Å². The zero-order chi connectivity index (χ0) is 27.2. The molecular weight excluding hydrogens is 506 g/mol. The van der Waals surface area contributed by atoms with Crippen LogP contribution in [-0.4, -0.2) is 61.4 Å². The molecule has 0 atom stereocenters. The Morgan fingerprint density at radius 3 is 2.31 bits per heavy atom. The number of ether oxygens (including phenoxy) is 1. The lowest BCUT2D eigenvalue weighted by molar-refractivity contribution is 0.194. The lowest BCUT2D eigenvalue weighted by atomic mass is 10.0. The quantitative estimate of drug-likeness (QED) is 0.222. The van der Waals surface area contributed by atoms with Crippen molar-refractivity contribution in [2.75, 3.05) is 33.3 Å². The van der Waals surface area contributed by atoms with Gasteiger partial charge in [0.15, 0.2) is 0 Å². The molecule has 0 aliphatic rings. The van der Waals surface area contributed by atoms with Gasteiger partial charge in [-0.1, -0.05) is 68.1 Å². The summed E-state index contributed by atoms with van der Waals surface area (Å²) in [5.74, 6) is 0.883. The standard InChI is InChI=1S/C31H37N3O3S.CH4/c1-31(2,3)34(38(35,36)30-16-10-14-27-24-32-18-17-28(27)30)20-19-33(4)21-22-37-29-15-9-8-13-26(29)23-25-11-6-5-7-12-25;/h5-18,24H,19-23H2,1-4H3;1H4. The van der Waals surface area contributed by atoms with Gasteiger partial charge < -0.3 is 9.64 Å². The molecule has 0 amide bonds. The fourth-order valence-electron chi connectivity index (χ4n) is 4.54. The molecule has 0 N–H and O–H groups in total. The van der Waals surface area contributed by atoms with Crippen LogP contribution in [0.1, 0.15) is 39.3 Å². The summed E-state index contributed by atoms with van der Waals surface area (Å²) in [6.07, 6.45) is 4.14. The highest BCUT2D eigenvalue weighted by Gasteiger charge is 2.34. The van der Waals surface area contributed by atoms with Gasteiger partial charge in [0, 0.05) is 54.8 Å². The number of benzene rings is 3. The van der Waals surface area contributed by atoms with Gasteiger partial charge in [-0.3, -0.25) is 4.98 Å². The van der Waals surface area contributed by atoms with E-state index >= 15 is 0 Å². The van der Waals surface area contributed by atoms with Crippen molar-refractivity contribution in [1.82, 2.24) is 14.2 Å². The molecule has 7 heteroatoms. The molecule has 0 aliphatic heterocycles. The molecule has 0 unspecified atom stereocenters. The van der Waals surface area contributed by atoms with Crippen molar-refractivity contribution in [2.45, 2.75) is 45.1 Å². The van der Waals surface area contributed by atoms with Gasteiger partial charge in [-0.05, 0) is 57.1 Å². The molecule has 0 saturated carbocycles. The van der Waals surface area contributed by atoms with Gasteiger partial charge in [-0.15, -0.1) is 0 Å². The summed E-state index contributed by atoms with van der Waals surface area (Å²) in [6.45, 7) is 7.95. The van der Waals surface area contributed by atoms with Gasteiger partial charge in [-0.25, -0.2) is 8.42 Å². The van der Waals surface area contributed by atoms with Crippen molar-refractivity contribution < 1.29 is 13.2 Å². The van der Waals surface area contributed by atoms with Crippen LogP contribution in [0, 0.1) is 0 Å². The Morgan fingerprint density at radius 2 is 1.56 bits per heavy atom. The predicted molar refractivity (Wildman–Crippen MR) is 161 cm³/mol. The van der Waals surface area contributed by atoms with Crippen LogP contribution in [-0.2, 0) is 16.4 Å². The average molecular weight is 548 g/mol. The van der Waals surface area contributed by atoms with Crippen molar-refractivity contribution >= 4 is 20.8 Å². The molecule has 0 saturated heterocycles. The molecule has 0 spiro atoms. The Hall–Kier alpha value is -3.26.